The number of nitrogens with zero attached hydrogens (tertiary/aromatic N) is 2. The lowest BCUT2D eigenvalue weighted by atomic mass is 10.5. The van der Waals surface area contributed by atoms with Crippen LogP contribution in [0.4, 0.5) is 0 Å². The van der Waals surface area contributed by atoms with E-state index < -0.39 is 0 Å². The summed E-state index contributed by atoms with van der Waals surface area (Å²) in [5, 5.41) is 0.0301. The lowest BCUT2D eigenvalue weighted by Gasteiger charge is -1.97. The van der Waals surface area contributed by atoms with E-state index in [2.05, 4.69) is 4.98 Å². The Morgan fingerprint density at radius 2 is 2.30 bits per heavy atom. The standard InChI is InChI=1S/C6H7ClN2O/c1-4-3-9(2)6(10)5(7)8-4/h3H,1-2H3. The highest BCUT2D eigenvalue weighted by molar-refractivity contribution is 6.29. The van der Waals surface area contributed by atoms with Gasteiger partial charge in [-0.3, -0.25) is 4.79 Å². The molecule has 1 rings (SSSR count). The Bertz CT molecular complexity index is 279. The molecule has 1 aromatic heterocycles. The van der Waals surface area contributed by atoms with Gasteiger partial charge in [0.1, 0.15) is 0 Å². The second-order valence-corrected chi connectivity index (χ2v) is 2.45. The van der Waals surface area contributed by atoms with Gasteiger partial charge in [0.2, 0.25) is 0 Å². The highest BCUT2D eigenvalue weighted by Crippen LogP contribution is 1.96. The normalized spacial score (nSPS) is 9.90. The van der Waals surface area contributed by atoms with Gasteiger partial charge in [-0.15, -0.1) is 0 Å². The second kappa shape index (κ2) is 2.42. The van der Waals surface area contributed by atoms with E-state index >= 15 is 0 Å². The Hall–Kier alpha value is -0.830. The fraction of sp³-hybridized carbons (Fsp3) is 0.333. The highest BCUT2D eigenvalue weighted by atomic mass is 35.5. The van der Waals surface area contributed by atoms with E-state index in [0.717, 1.165) is 5.69 Å². The summed E-state index contributed by atoms with van der Waals surface area (Å²) in [4.78, 5) is 14.7. The Morgan fingerprint density at radius 3 is 2.80 bits per heavy atom. The summed E-state index contributed by atoms with van der Waals surface area (Å²) in [6, 6.07) is 0. The van der Waals surface area contributed by atoms with E-state index in [1.165, 1.54) is 4.57 Å². The zero-order chi connectivity index (χ0) is 7.72. The molecule has 1 heterocycles. The monoisotopic (exact) mass is 158 g/mol. The van der Waals surface area contributed by atoms with Crippen molar-refractivity contribution in [1.82, 2.24) is 9.55 Å². The van der Waals surface area contributed by atoms with Crippen molar-refractivity contribution in [3.63, 3.8) is 0 Å². The molecule has 54 valence electrons. The molecule has 0 saturated heterocycles. The van der Waals surface area contributed by atoms with Crippen molar-refractivity contribution in [2.24, 2.45) is 7.05 Å². The average molecular weight is 159 g/mol. The maximum Gasteiger partial charge on any atom is 0.287 e. The number of aromatic nitrogens is 2. The lowest BCUT2D eigenvalue weighted by Crippen LogP contribution is -2.18. The number of halogens is 1. The third-order valence-electron chi connectivity index (χ3n) is 1.15. The molecule has 0 aromatic carbocycles. The molecule has 4 heteroatoms. The van der Waals surface area contributed by atoms with Gasteiger partial charge >= 0.3 is 0 Å². The first-order valence-corrected chi connectivity index (χ1v) is 3.19. The summed E-state index contributed by atoms with van der Waals surface area (Å²) in [7, 11) is 1.64. The minimum Gasteiger partial charge on any atom is -0.314 e. The highest BCUT2D eigenvalue weighted by Gasteiger charge is 1.98. The number of rotatable bonds is 0. The van der Waals surface area contributed by atoms with Gasteiger partial charge in [0.25, 0.3) is 5.56 Å². The van der Waals surface area contributed by atoms with E-state index in [-0.39, 0.29) is 10.7 Å². The Labute approximate surface area is 63.3 Å². The predicted octanol–water partition coefficient (Wildman–Crippen LogP) is 0.742. The van der Waals surface area contributed by atoms with Crippen molar-refractivity contribution in [3.05, 3.63) is 27.4 Å². The number of hydrogen-bond acceptors (Lipinski definition) is 2. The summed E-state index contributed by atoms with van der Waals surface area (Å²) in [6.07, 6.45) is 1.63. The molecule has 0 N–H and O–H groups in total. The molecule has 10 heavy (non-hydrogen) atoms. The first kappa shape index (κ1) is 7.28. The van der Waals surface area contributed by atoms with Crippen molar-refractivity contribution < 1.29 is 0 Å². The van der Waals surface area contributed by atoms with Gasteiger partial charge in [-0.1, -0.05) is 11.6 Å². The van der Waals surface area contributed by atoms with Crippen LogP contribution in [0.25, 0.3) is 0 Å². The fourth-order valence-corrected chi connectivity index (χ4v) is 0.983. The van der Waals surface area contributed by atoms with Crippen molar-refractivity contribution in [3.8, 4) is 0 Å². The molecule has 0 amide bonds. The van der Waals surface area contributed by atoms with Crippen LogP contribution in [0.1, 0.15) is 5.69 Å². The molecule has 0 radical (unpaired) electrons. The van der Waals surface area contributed by atoms with Gasteiger partial charge in [0, 0.05) is 13.2 Å². The van der Waals surface area contributed by atoms with Crippen LogP contribution in [0.3, 0.4) is 0 Å². The van der Waals surface area contributed by atoms with Gasteiger partial charge in [-0.05, 0) is 6.92 Å². The maximum absolute atomic E-state index is 10.9. The minimum atomic E-state index is -0.257. The SMILES string of the molecule is Cc1cn(C)c(=O)c(Cl)n1. The van der Waals surface area contributed by atoms with Crippen molar-refractivity contribution in [1.29, 1.82) is 0 Å². The van der Waals surface area contributed by atoms with Crippen molar-refractivity contribution in [2.75, 3.05) is 0 Å². The molecular weight excluding hydrogens is 152 g/mol. The van der Waals surface area contributed by atoms with Crippen LogP contribution in [0.2, 0.25) is 5.15 Å². The maximum atomic E-state index is 10.9. The van der Waals surface area contributed by atoms with E-state index in [9.17, 15) is 4.79 Å². The Kier molecular flexibility index (Phi) is 1.76. The summed E-state index contributed by atoms with van der Waals surface area (Å²) >= 11 is 5.47. The van der Waals surface area contributed by atoms with Crippen LogP contribution in [0, 0.1) is 6.92 Å². The van der Waals surface area contributed by atoms with Crippen LogP contribution >= 0.6 is 11.6 Å². The minimum absolute atomic E-state index is 0.0301. The van der Waals surface area contributed by atoms with Crippen LogP contribution in [-0.2, 0) is 7.05 Å². The van der Waals surface area contributed by atoms with Gasteiger partial charge in [0.15, 0.2) is 5.15 Å². The van der Waals surface area contributed by atoms with Crippen molar-refractivity contribution in [2.45, 2.75) is 6.92 Å². The van der Waals surface area contributed by atoms with Crippen molar-refractivity contribution >= 4 is 11.6 Å². The first-order chi connectivity index (χ1) is 4.61. The molecule has 0 aliphatic rings. The topological polar surface area (TPSA) is 34.9 Å². The molecule has 0 aliphatic heterocycles. The third kappa shape index (κ3) is 1.19. The molecule has 1 aromatic rings. The van der Waals surface area contributed by atoms with Gasteiger partial charge in [0.05, 0.1) is 5.69 Å². The molecule has 3 nitrogen and oxygen atoms in total. The van der Waals surface area contributed by atoms with Gasteiger partial charge in [-0.2, -0.15) is 0 Å². The van der Waals surface area contributed by atoms with Gasteiger partial charge in [-0.25, -0.2) is 4.98 Å². The van der Waals surface area contributed by atoms with E-state index in [4.69, 9.17) is 11.6 Å². The molecule has 0 atom stereocenters. The molecule has 0 aliphatic carbocycles. The zero-order valence-electron chi connectivity index (χ0n) is 5.76. The molecule has 0 fully saturated rings. The van der Waals surface area contributed by atoms with Gasteiger partial charge < -0.3 is 4.57 Å². The summed E-state index contributed by atoms with van der Waals surface area (Å²) in [6.45, 7) is 1.78. The largest absolute Gasteiger partial charge is 0.314 e. The van der Waals surface area contributed by atoms with E-state index in [0.29, 0.717) is 0 Å². The molecule has 0 unspecified atom stereocenters. The van der Waals surface area contributed by atoms with Crippen LogP contribution in [-0.4, -0.2) is 9.55 Å². The smallest absolute Gasteiger partial charge is 0.287 e. The quantitative estimate of drug-likeness (QED) is 0.558. The Balaban J connectivity index is 3.46. The predicted molar refractivity (Wildman–Crippen MR) is 39.2 cm³/mol. The lowest BCUT2D eigenvalue weighted by molar-refractivity contribution is 0.827. The number of aryl methyl sites for hydroxylation is 2. The Morgan fingerprint density at radius 1 is 1.70 bits per heavy atom. The molecular formula is C6H7ClN2O. The zero-order valence-corrected chi connectivity index (χ0v) is 6.51. The second-order valence-electron chi connectivity index (χ2n) is 2.09. The summed E-state index contributed by atoms with van der Waals surface area (Å²) in [5.41, 5.74) is 0.486. The molecule has 0 spiro atoms. The van der Waals surface area contributed by atoms with Crippen LogP contribution in [0.5, 0.6) is 0 Å². The van der Waals surface area contributed by atoms with E-state index in [1.807, 2.05) is 0 Å². The first-order valence-electron chi connectivity index (χ1n) is 2.81. The number of hydrogen-bond donors (Lipinski definition) is 0. The summed E-state index contributed by atoms with van der Waals surface area (Å²) in [5.74, 6) is 0. The third-order valence-corrected chi connectivity index (χ3v) is 1.40. The molecule has 0 bridgehead atoms. The fourth-order valence-electron chi connectivity index (χ4n) is 0.716. The average Bonchev–Trinajstić information content (AvgIpc) is 1.82. The van der Waals surface area contributed by atoms with Crippen LogP contribution < -0.4 is 5.56 Å². The van der Waals surface area contributed by atoms with Crippen LogP contribution in [0.15, 0.2) is 11.0 Å². The summed E-state index contributed by atoms with van der Waals surface area (Å²) < 4.78 is 1.41. The van der Waals surface area contributed by atoms with E-state index in [1.54, 1.807) is 20.2 Å². The molecule has 0 saturated carbocycles.